The number of likely N-dealkylation sites (tertiary alicyclic amines) is 1. The van der Waals surface area contributed by atoms with Crippen LogP contribution in [0.15, 0.2) is 24.3 Å². The quantitative estimate of drug-likeness (QED) is 0.883. The molecule has 2 aliphatic heterocycles. The number of carbonyl (C=O) groups is 1. The van der Waals surface area contributed by atoms with Crippen molar-refractivity contribution in [1.29, 1.82) is 0 Å². The average molecular weight is 262 g/mol. The molecule has 0 aromatic heterocycles. The van der Waals surface area contributed by atoms with Crippen molar-refractivity contribution in [2.45, 2.75) is 25.8 Å². The van der Waals surface area contributed by atoms with Crippen LogP contribution in [0.4, 0.5) is 4.39 Å². The van der Waals surface area contributed by atoms with Gasteiger partial charge in [-0.25, -0.2) is 4.39 Å². The first-order valence-electron chi connectivity index (χ1n) is 6.95. The van der Waals surface area contributed by atoms with Gasteiger partial charge < -0.3 is 10.2 Å². The molecule has 2 aliphatic rings. The Labute approximate surface area is 112 Å². The van der Waals surface area contributed by atoms with Crippen molar-refractivity contribution in [2.75, 3.05) is 19.6 Å². The molecule has 1 spiro atoms. The Morgan fingerprint density at radius 3 is 2.68 bits per heavy atom. The molecule has 0 bridgehead atoms. The van der Waals surface area contributed by atoms with Crippen LogP contribution in [0.25, 0.3) is 0 Å². The third kappa shape index (κ3) is 2.25. The first-order valence-corrected chi connectivity index (χ1v) is 6.95. The largest absolute Gasteiger partial charge is 0.338 e. The molecule has 0 atom stereocenters. The van der Waals surface area contributed by atoms with Crippen LogP contribution in [0.1, 0.15) is 24.8 Å². The lowest BCUT2D eigenvalue weighted by atomic mass is 9.78. The summed E-state index contributed by atoms with van der Waals surface area (Å²) in [6, 6.07) is 6.71. The van der Waals surface area contributed by atoms with Gasteiger partial charge in [0.05, 0.1) is 5.41 Å². The Kier molecular flexibility index (Phi) is 3.27. The highest BCUT2D eigenvalue weighted by Crippen LogP contribution is 2.40. The standard InChI is InChI=1S/C15H19FN2O/c16-13-4-2-1-3-12(13)11-18-10-7-15(14(18)19)5-8-17-9-6-15/h1-4,17H,5-11H2. The number of hydrogen-bond acceptors (Lipinski definition) is 2. The van der Waals surface area contributed by atoms with E-state index in [1.165, 1.54) is 6.07 Å². The first-order chi connectivity index (χ1) is 9.21. The first kappa shape index (κ1) is 12.6. The van der Waals surface area contributed by atoms with E-state index in [2.05, 4.69) is 5.32 Å². The molecule has 0 saturated carbocycles. The molecule has 1 aromatic carbocycles. The van der Waals surface area contributed by atoms with Crippen LogP contribution in [-0.2, 0) is 11.3 Å². The van der Waals surface area contributed by atoms with Crippen LogP contribution < -0.4 is 5.32 Å². The molecule has 102 valence electrons. The summed E-state index contributed by atoms with van der Waals surface area (Å²) in [5.41, 5.74) is 0.443. The minimum atomic E-state index is -0.221. The summed E-state index contributed by atoms with van der Waals surface area (Å²) in [5, 5.41) is 3.30. The molecule has 0 radical (unpaired) electrons. The van der Waals surface area contributed by atoms with Crippen molar-refractivity contribution in [3.05, 3.63) is 35.6 Å². The van der Waals surface area contributed by atoms with Gasteiger partial charge in [0, 0.05) is 18.7 Å². The summed E-state index contributed by atoms with van der Waals surface area (Å²) < 4.78 is 13.7. The second kappa shape index (κ2) is 4.93. The highest BCUT2D eigenvalue weighted by atomic mass is 19.1. The molecule has 2 heterocycles. The Bertz CT molecular complexity index is 483. The average Bonchev–Trinajstić information content (AvgIpc) is 2.72. The van der Waals surface area contributed by atoms with Gasteiger partial charge in [0.25, 0.3) is 0 Å². The zero-order valence-corrected chi connectivity index (χ0v) is 11.0. The summed E-state index contributed by atoms with van der Waals surface area (Å²) in [5.74, 6) is -0.00110. The molecule has 3 rings (SSSR count). The Hall–Kier alpha value is -1.42. The molecule has 1 N–H and O–H groups in total. The third-order valence-corrected chi connectivity index (χ3v) is 4.48. The van der Waals surface area contributed by atoms with E-state index in [1.807, 2.05) is 11.0 Å². The fourth-order valence-corrected chi connectivity index (χ4v) is 3.25. The number of benzene rings is 1. The van der Waals surface area contributed by atoms with Gasteiger partial charge in [0.2, 0.25) is 5.91 Å². The predicted octanol–water partition coefficient (Wildman–Crippen LogP) is 1.93. The van der Waals surface area contributed by atoms with Gasteiger partial charge in [-0.05, 0) is 38.4 Å². The SMILES string of the molecule is O=C1N(Cc2ccccc2F)CCC12CCNCC2. The summed E-state index contributed by atoms with van der Waals surface area (Å²) in [6.07, 6.45) is 2.75. The van der Waals surface area contributed by atoms with Gasteiger partial charge >= 0.3 is 0 Å². The number of nitrogens with one attached hydrogen (secondary N) is 1. The van der Waals surface area contributed by atoms with E-state index in [9.17, 15) is 9.18 Å². The molecule has 2 saturated heterocycles. The van der Waals surface area contributed by atoms with Crippen LogP contribution in [0, 0.1) is 11.2 Å². The number of hydrogen-bond donors (Lipinski definition) is 1. The Morgan fingerprint density at radius 1 is 1.21 bits per heavy atom. The third-order valence-electron chi connectivity index (χ3n) is 4.48. The van der Waals surface area contributed by atoms with E-state index in [0.29, 0.717) is 12.1 Å². The number of piperidine rings is 1. The van der Waals surface area contributed by atoms with E-state index >= 15 is 0 Å². The summed E-state index contributed by atoms with van der Waals surface area (Å²) in [6.45, 7) is 2.99. The van der Waals surface area contributed by atoms with E-state index in [-0.39, 0.29) is 17.1 Å². The number of halogens is 1. The highest BCUT2D eigenvalue weighted by Gasteiger charge is 2.46. The van der Waals surface area contributed by atoms with Crippen LogP contribution in [0.5, 0.6) is 0 Å². The minimum Gasteiger partial charge on any atom is -0.338 e. The van der Waals surface area contributed by atoms with Gasteiger partial charge in [0.15, 0.2) is 0 Å². The molecule has 4 heteroatoms. The van der Waals surface area contributed by atoms with Gasteiger partial charge in [-0.3, -0.25) is 4.79 Å². The maximum absolute atomic E-state index is 13.7. The van der Waals surface area contributed by atoms with E-state index in [0.717, 1.165) is 38.9 Å². The number of amides is 1. The summed E-state index contributed by atoms with van der Waals surface area (Å²) >= 11 is 0. The number of carbonyl (C=O) groups excluding carboxylic acids is 1. The van der Waals surface area contributed by atoms with Crippen molar-refractivity contribution in [3.63, 3.8) is 0 Å². The van der Waals surface area contributed by atoms with E-state index < -0.39 is 0 Å². The second-order valence-corrected chi connectivity index (χ2v) is 5.60. The maximum atomic E-state index is 13.7. The van der Waals surface area contributed by atoms with E-state index in [1.54, 1.807) is 12.1 Å². The Morgan fingerprint density at radius 2 is 1.95 bits per heavy atom. The summed E-state index contributed by atoms with van der Waals surface area (Å²) in [4.78, 5) is 14.4. The molecule has 1 aromatic rings. The zero-order valence-electron chi connectivity index (χ0n) is 11.0. The van der Waals surface area contributed by atoms with Crippen molar-refractivity contribution in [1.82, 2.24) is 10.2 Å². The fraction of sp³-hybridized carbons (Fsp3) is 0.533. The lowest BCUT2D eigenvalue weighted by Crippen LogP contribution is -2.42. The van der Waals surface area contributed by atoms with Crippen LogP contribution in [0.3, 0.4) is 0 Å². The molecule has 1 amide bonds. The van der Waals surface area contributed by atoms with Gasteiger partial charge in [-0.15, -0.1) is 0 Å². The van der Waals surface area contributed by atoms with Crippen LogP contribution in [0.2, 0.25) is 0 Å². The monoisotopic (exact) mass is 262 g/mol. The van der Waals surface area contributed by atoms with E-state index in [4.69, 9.17) is 0 Å². The topological polar surface area (TPSA) is 32.3 Å². The molecule has 2 fully saturated rings. The van der Waals surface area contributed by atoms with Gasteiger partial charge in [-0.1, -0.05) is 18.2 Å². The van der Waals surface area contributed by atoms with Crippen molar-refractivity contribution < 1.29 is 9.18 Å². The lowest BCUT2D eigenvalue weighted by Gasteiger charge is -2.32. The minimum absolute atomic E-state index is 0.170. The molecule has 19 heavy (non-hydrogen) atoms. The van der Waals surface area contributed by atoms with Crippen molar-refractivity contribution >= 4 is 5.91 Å². The van der Waals surface area contributed by atoms with Gasteiger partial charge in [0.1, 0.15) is 5.82 Å². The molecule has 0 aliphatic carbocycles. The van der Waals surface area contributed by atoms with Crippen LogP contribution >= 0.6 is 0 Å². The number of nitrogens with zero attached hydrogens (tertiary/aromatic N) is 1. The second-order valence-electron chi connectivity index (χ2n) is 5.60. The predicted molar refractivity (Wildman–Crippen MR) is 71.0 cm³/mol. The van der Waals surface area contributed by atoms with Crippen molar-refractivity contribution in [3.8, 4) is 0 Å². The Balaban J connectivity index is 1.74. The smallest absolute Gasteiger partial charge is 0.229 e. The van der Waals surface area contributed by atoms with Gasteiger partial charge in [-0.2, -0.15) is 0 Å². The summed E-state index contributed by atoms with van der Waals surface area (Å²) in [7, 11) is 0. The fourth-order valence-electron chi connectivity index (χ4n) is 3.25. The highest BCUT2D eigenvalue weighted by molar-refractivity contribution is 5.85. The zero-order chi connectivity index (χ0) is 13.3. The maximum Gasteiger partial charge on any atom is 0.229 e. The number of rotatable bonds is 2. The molecule has 3 nitrogen and oxygen atoms in total. The molecule has 0 unspecified atom stereocenters. The normalized spacial score (nSPS) is 22.2. The van der Waals surface area contributed by atoms with Crippen molar-refractivity contribution in [2.24, 2.45) is 5.41 Å². The lowest BCUT2D eigenvalue weighted by molar-refractivity contribution is -0.137. The van der Waals surface area contributed by atoms with Crippen LogP contribution in [-0.4, -0.2) is 30.4 Å². The molecular formula is C15H19FN2O. The molecular weight excluding hydrogens is 243 g/mol.